The fourth-order valence-electron chi connectivity index (χ4n) is 7.88. The highest BCUT2D eigenvalue weighted by molar-refractivity contribution is 7.26. The molecule has 12 aromatic rings. The molecule has 5 heterocycles. The highest BCUT2D eigenvalue weighted by atomic mass is 32.1. The number of hydrogen-bond donors (Lipinski definition) is 0. The molecule has 12 rings (SSSR count). The summed E-state index contributed by atoms with van der Waals surface area (Å²) in [5.74, 6) is 2.38. The molecule has 57 heavy (non-hydrogen) atoms. The van der Waals surface area contributed by atoms with Crippen LogP contribution in [0.4, 0.5) is 0 Å². The molecule has 266 valence electrons. The van der Waals surface area contributed by atoms with Gasteiger partial charge in [0.05, 0.1) is 5.56 Å². The Bertz CT molecular complexity index is 3540. The van der Waals surface area contributed by atoms with Crippen LogP contribution in [-0.2, 0) is 0 Å². The van der Waals surface area contributed by atoms with E-state index in [-0.39, 0.29) is 0 Å². The van der Waals surface area contributed by atoms with Crippen LogP contribution >= 0.6 is 11.3 Å². The van der Waals surface area contributed by atoms with Gasteiger partial charge in [-0.1, -0.05) is 127 Å². The fourth-order valence-corrected chi connectivity index (χ4v) is 9.13. The molecule has 0 aliphatic carbocycles. The average molecular weight is 750 g/mol. The quantitative estimate of drug-likeness (QED) is 0.173. The summed E-state index contributed by atoms with van der Waals surface area (Å²) < 4.78 is 15.0. The van der Waals surface area contributed by atoms with Crippen molar-refractivity contribution in [3.63, 3.8) is 0 Å². The molecule has 0 amide bonds. The van der Waals surface area contributed by atoms with Crippen molar-refractivity contribution in [3.8, 4) is 56.8 Å². The van der Waals surface area contributed by atoms with Crippen LogP contribution in [0.15, 0.2) is 173 Å². The number of hydrogen-bond acceptors (Lipinski definition) is 8. The van der Waals surface area contributed by atoms with Crippen LogP contribution in [-0.4, -0.2) is 24.9 Å². The number of aromatic nitrogens is 5. The van der Waals surface area contributed by atoms with Crippen molar-refractivity contribution in [3.05, 3.63) is 164 Å². The predicted octanol–water partition coefficient (Wildman–Crippen LogP) is 13.2. The van der Waals surface area contributed by atoms with Gasteiger partial charge in [0, 0.05) is 58.6 Å². The smallest absolute Gasteiger partial charge is 0.180 e. The number of nitrogens with zero attached hydrogens (tertiary/aromatic N) is 5. The molecular formula is C49H27N5O2S. The van der Waals surface area contributed by atoms with Crippen molar-refractivity contribution < 1.29 is 8.83 Å². The van der Waals surface area contributed by atoms with Gasteiger partial charge >= 0.3 is 0 Å². The standard InChI is InChI=1S/C49H27N5O2S/c1-3-13-28(14-4-1)41-44-42(35-18-8-10-24-39(35)56-44)51-47(50-41)30-25-26-32-34-20-12-22-37(45(34)57-40(32)27-30)49-53-46(29-15-5-2-6-16-29)52-48(54-49)36-21-11-19-33-31-17-7-9-23-38(31)55-43(33)36/h1-27H. The van der Waals surface area contributed by atoms with Crippen molar-refractivity contribution in [2.75, 3.05) is 0 Å². The molecule has 0 atom stereocenters. The second-order valence-corrected chi connectivity index (χ2v) is 15.0. The van der Waals surface area contributed by atoms with E-state index in [0.29, 0.717) is 28.9 Å². The molecule has 0 aliphatic heterocycles. The first kappa shape index (κ1) is 31.8. The predicted molar refractivity (Wildman–Crippen MR) is 230 cm³/mol. The lowest BCUT2D eigenvalue weighted by Crippen LogP contribution is -2.00. The minimum absolute atomic E-state index is 0.553. The summed E-state index contributed by atoms with van der Waals surface area (Å²) >= 11 is 1.72. The number of para-hydroxylation sites is 3. The minimum atomic E-state index is 0.553. The normalized spacial score (nSPS) is 11.9. The Balaban J connectivity index is 1.04. The van der Waals surface area contributed by atoms with E-state index in [4.69, 9.17) is 33.8 Å². The van der Waals surface area contributed by atoms with Crippen molar-refractivity contribution >= 4 is 75.5 Å². The zero-order chi connectivity index (χ0) is 37.5. The van der Waals surface area contributed by atoms with Gasteiger partial charge in [-0.25, -0.2) is 24.9 Å². The summed E-state index contributed by atoms with van der Waals surface area (Å²) in [7, 11) is 0. The fraction of sp³-hybridized carbons (Fsp3) is 0. The summed E-state index contributed by atoms with van der Waals surface area (Å²) in [5, 5.41) is 5.31. The van der Waals surface area contributed by atoms with Crippen molar-refractivity contribution in [2.24, 2.45) is 0 Å². The zero-order valence-corrected chi connectivity index (χ0v) is 30.9. The van der Waals surface area contributed by atoms with E-state index in [9.17, 15) is 0 Å². The summed E-state index contributed by atoms with van der Waals surface area (Å²) in [6.45, 7) is 0. The van der Waals surface area contributed by atoms with E-state index in [2.05, 4.69) is 66.7 Å². The molecule has 0 fully saturated rings. The molecule has 7 nitrogen and oxygen atoms in total. The Morgan fingerprint density at radius 3 is 1.77 bits per heavy atom. The SMILES string of the molecule is c1ccc(-c2nc(-c3cccc4c3oc3ccccc34)nc(-c3cccc4c3sc3cc(-c5nc(-c6ccccc6)c6oc7ccccc7c6n5)ccc34)n2)cc1. The van der Waals surface area contributed by atoms with Crippen LogP contribution in [0.1, 0.15) is 0 Å². The minimum Gasteiger partial charge on any atom is -0.455 e. The van der Waals surface area contributed by atoms with Crippen LogP contribution in [0.5, 0.6) is 0 Å². The molecule has 8 heteroatoms. The van der Waals surface area contributed by atoms with Crippen LogP contribution < -0.4 is 0 Å². The van der Waals surface area contributed by atoms with Gasteiger partial charge in [0.25, 0.3) is 0 Å². The van der Waals surface area contributed by atoms with E-state index in [1.807, 2.05) is 97.1 Å². The first-order chi connectivity index (χ1) is 28.2. The summed E-state index contributed by atoms with van der Waals surface area (Å²) in [6, 6.07) is 55.3. The van der Waals surface area contributed by atoms with E-state index < -0.39 is 0 Å². The molecule has 0 saturated carbocycles. The second kappa shape index (κ2) is 12.5. The lowest BCUT2D eigenvalue weighted by atomic mass is 10.1. The number of fused-ring (bicyclic) bond motifs is 9. The van der Waals surface area contributed by atoms with Gasteiger partial charge in [-0.15, -0.1) is 11.3 Å². The number of benzene rings is 7. The van der Waals surface area contributed by atoms with Gasteiger partial charge in [-0.05, 0) is 36.4 Å². The Hall–Kier alpha value is -7.55. The van der Waals surface area contributed by atoms with Crippen molar-refractivity contribution in [2.45, 2.75) is 0 Å². The van der Waals surface area contributed by atoms with Gasteiger partial charge in [0.2, 0.25) is 0 Å². The molecule has 0 unspecified atom stereocenters. The highest BCUT2D eigenvalue weighted by Crippen LogP contribution is 2.43. The van der Waals surface area contributed by atoms with E-state index in [1.165, 1.54) is 0 Å². The van der Waals surface area contributed by atoms with Crippen LogP contribution in [0.25, 0.3) is 121 Å². The Morgan fingerprint density at radius 2 is 0.965 bits per heavy atom. The van der Waals surface area contributed by atoms with Crippen LogP contribution in [0.3, 0.4) is 0 Å². The van der Waals surface area contributed by atoms with Gasteiger partial charge in [-0.2, -0.15) is 0 Å². The maximum atomic E-state index is 6.45. The topological polar surface area (TPSA) is 90.7 Å². The van der Waals surface area contributed by atoms with Gasteiger partial charge in [-0.3, -0.25) is 0 Å². The third kappa shape index (κ3) is 5.08. The van der Waals surface area contributed by atoms with Crippen LogP contribution in [0, 0.1) is 0 Å². The first-order valence-electron chi connectivity index (χ1n) is 18.7. The average Bonchev–Trinajstić information content (AvgIpc) is 3.97. The summed E-state index contributed by atoms with van der Waals surface area (Å²) in [6.07, 6.45) is 0. The molecule has 0 bridgehead atoms. The second-order valence-electron chi connectivity index (χ2n) is 14.0. The Morgan fingerprint density at radius 1 is 0.368 bits per heavy atom. The van der Waals surface area contributed by atoms with Gasteiger partial charge < -0.3 is 8.83 Å². The summed E-state index contributed by atoms with van der Waals surface area (Å²) in [4.78, 5) is 25.6. The van der Waals surface area contributed by atoms with Gasteiger partial charge in [0.1, 0.15) is 28.0 Å². The van der Waals surface area contributed by atoms with Crippen molar-refractivity contribution in [1.82, 2.24) is 24.9 Å². The number of thiophene rings is 1. The molecule has 0 N–H and O–H groups in total. The highest BCUT2D eigenvalue weighted by Gasteiger charge is 2.21. The Kier molecular flexibility index (Phi) is 6.96. The zero-order valence-electron chi connectivity index (χ0n) is 30.0. The number of rotatable bonds is 5. The Labute approximate surface area is 328 Å². The van der Waals surface area contributed by atoms with E-state index in [0.717, 1.165) is 92.1 Å². The molecule has 0 aliphatic rings. The summed E-state index contributed by atoms with van der Waals surface area (Å²) in [5.41, 5.74) is 9.16. The molecular weight excluding hydrogens is 723 g/mol. The molecule has 0 spiro atoms. The molecule has 0 saturated heterocycles. The molecule has 0 radical (unpaired) electrons. The lowest BCUT2D eigenvalue weighted by Gasteiger charge is -2.09. The molecule has 5 aromatic heterocycles. The third-order valence-electron chi connectivity index (χ3n) is 10.6. The largest absolute Gasteiger partial charge is 0.455 e. The lowest BCUT2D eigenvalue weighted by molar-refractivity contribution is 0.667. The van der Waals surface area contributed by atoms with E-state index >= 15 is 0 Å². The van der Waals surface area contributed by atoms with E-state index in [1.54, 1.807) is 11.3 Å². The first-order valence-corrected chi connectivity index (χ1v) is 19.5. The van der Waals surface area contributed by atoms with Crippen molar-refractivity contribution in [1.29, 1.82) is 0 Å². The molecule has 7 aromatic carbocycles. The monoisotopic (exact) mass is 749 g/mol. The maximum absolute atomic E-state index is 6.45. The van der Waals surface area contributed by atoms with Gasteiger partial charge in [0.15, 0.2) is 28.9 Å². The number of furan rings is 2. The van der Waals surface area contributed by atoms with Crippen LogP contribution in [0.2, 0.25) is 0 Å². The maximum Gasteiger partial charge on any atom is 0.180 e. The third-order valence-corrected chi connectivity index (χ3v) is 11.8.